The molecular formula is C29H32N6O4. The number of amides is 4. The van der Waals surface area contributed by atoms with E-state index in [1.165, 1.54) is 0 Å². The van der Waals surface area contributed by atoms with Crippen molar-refractivity contribution in [1.82, 2.24) is 15.6 Å². The molecule has 4 amide bonds. The van der Waals surface area contributed by atoms with E-state index in [9.17, 15) is 14.4 Å². The second kappa shape index (κ2) is 13.1. The molecule has 0 spiro atoms. The Morgan fingerprint density at radius 1 is 0.923 bits per heavy atom. The lowest BCUT2D eigenvalue weighted by atomic mass is 10.1. The molecule has 0 aliphatic heterocycles. The molecule has 0 fully saturated rings. The van der Waals surface area contributed by atoms with E-state index in [4.69, 9.17) is 10.5 Å². The number of nitrogens with two attached hydrogens (primary N) is 1. The first-order chi connectivity index (χ1) is 18.9. The maximum atomic E-state index is 13.1. The fourth-order valence-electron chi connectivity index (χ4n) is 3.98. The van der Waals surface area contributed by atoms with Gasteiger partial charge in [0.1, 0.15) is 18.4 Å². The van der Waals surface area contributed by atoms with Crippen LogP contribution in [0, 0.1) is 6.92 Å². The van der Waals surface area contributed by atoms with Crippen LogP contribution in [0.2, 0.25) is 0 Å². The fraction of sp³-hybridized carbons (Fsp3) is 0.207. The first-order valence-electron chi connectivity index (χ1n) is 12.6. The van der Waals surface area contributed by atoms with Crippen molar-refractivity contribution in [3.63, 3.8) is 0 Å². The summed E-state index contributed by atoms with van der Waals surface area (Å²) in [6.07, 6.45) is 0.169. The van der Waals surface area contributed by atoms with Crippen molar-refractivity contribution in [3.8, 4) is 5.75 Å². The number of hydrogen-bond donors (Lipinski definition) is 6. The topological polar surface area (TPSA) is 150 Å². The number of carbonyl (C=O) groups is 3. The number of aromatic amines is 1. The van der Waals surface area contributed by atoms with Gasteiger partial charge in [-0.05, 0) is 67.4 Å². The number of ether oxygens (including phenoxy) is 1. The number of carbonyl (C=O) groups excluding carboxylic acids is 3. The zero-order valence-corrected chi connectivity index (χ0v) is 21.6. The zero-order chi connectivity index (χ0) is 27.6. The molecule has 202 valence electrons. The van der Waals surface area contributed by atoms with Crippen LogP contribution in [0.1, 0.15) is 17.7 Å². The molecule has 10 nitrogen and oxygen atoms in total. The number of aromatic nitrogens is 1. The summed E-state index contributed by atoms with van der Waals surface area (Å²) < 4.78 is 5.78. The molecule has 3 aromatic carbocycles. The fourth-order valence-corrected chi connectivity index (χ4v) is 3.98. The Labute approximate surface area is 226 Å². The number of nitrogens with one attached hydrogen (secondary N) is 5. The van der Waals surface area contributed by atoms with Crippen LogP contribution in [-0.4, -0.2) is 42.0 Å². The quantitative estimate of drug-likeness (QED) is 0.176. The molecule has 1 atom stereocenters. The molecule has 0 aliphatic carbocycles. The minimum absolute atomic E-state index is 0.161. The maximum absolute atomic E-state index is 13.1. The summed E-state index contributed by atoms with van der Waals surface area (Å²) in [6.45, 7) is 2.39. The van der Waals surface area contributed by atoms with Crippen molar-refractivity contribution < 1.29 is 19.1 Å². The number of rotatable bonds is 11. The van der Waals surface area contributed by atoms with Gasteiger partial charge in [-0.2, -0.15) is 0 Å². The standard InChI is InChI=1S/C29H32N6O4/c1-19-15-21-16-23(9-12-25(21)32-19)33-28(37)26(13-14-31-27(36)17-30)35-29(38)34-22-7-10-24(11-8-22)39-18-20-5-3-2-4-6-20/h2-12,15-16,26,32H,13-14,17-18,30H2,1H3,(H,31,36)(H,33,37)(H2,34,35,38)/t26-/m0/s1. The van der Waals surface area contributed by atoms with Crippen molar-refractivity contribution in [3.05, 3.63) is 90.1 Å². The molecule has 1 heterocycles. The summed E-state index contributed by atoms with van der Waals surface area (Å²) in [5.74, 6) is -0.0998. The lowest BCUT2D eigenvalue weighted by Crippen LogP contribution is -2.47. The van der Waals surface area contributed by atoms with Gasteiger partial charge >= 0.3 is 6.03 Å². The highest BCUT2D eigenvalue weighted by Gasteiger charge is 2.21. The van der Waals surface area contributed by atoms with Crippen LogP contribution in [0.3, 0.4) is 0 Å². The van der Waals surface area contributed by atoms with Gasteiger partial charge in [0.15, 0.2) is 0 Å². The molecule has 10 heteroatoms. The first kappa shape index (κ1) is 27.2. The third kappa shape index (κ3) is 8.08. The molecule has 0 unspecified atom stereocenters. The molecule has 7 N–H and O–H groups in total. The average molecular weight is 529 g/mol. The number of anilines is 2. The molecule has 4 aromatic rings. The lowest BCUT2D eigenvalue weighted by molar-refractivity contribution is -0.120. The molecule has 4 rings (SSSR count). The van der Waals surface area contributed by atoms with E-state index >= 15 is 0 Å². The number of benzene rings is 3. The number of fused-ring (bicyclic) bond motifs is 1. The Morgan fingerprint density at radius 2 is 1.67 bits per heavy atom. The lowest BCUT2D eigenvalue weighted by Gasteiger charge is -2.19. The summed E-state index contributed by atoms with van der Waals surface area (Å²) in [6, 6.07) is 22.8. The van der Waals surface area contributed by atoms with Gasteiger partial charge < -0.3 is 36.7 Å². The van der Waals surface area contributed by atoms with E-state index in [1.807, 2.05) is 55.5 Å². The maximum Gasteiger partial charge on any atom is 0.319 e. The Kier molecular flexibility index (Phi) is 9.15. The van der Waals surface area contributed by atoms with Crippen molar-refractivity contribution in [2.75, 3.05) is 23.7 Å². The number of hydrogen-bond acceptors (Lipinski definition) is 5. The van der Waals surface area contributed by atoms with E-state index in [0.717, 1.165) is 22.2 Å². The Morgan fingerprint density at radius 3 is 2.41 bits per heavy atom. The van der Waals surface area contributed by atoms with Gasteiger partial charge in [-0.15, -0.1) is 0 Å². The molecule has 0 saturated heterocycles. The number of urea groups is 1. The predicted octanol–water partition coefficient (Wildman–Crippen LogP) is 3.65. The van der Waals surface area contributed by atoms with Crippen LogP contribution in [0.25, 0.3) is 10.9 Å². The van der Waals surface area contributed by atoms with Crippen LogP contribution < -0.4 is 31.7 Å². The monoisotopic (exact) mass is 528 g/mol. The van der Waals surface area contributed by atoms with Crippen LogP contribution in [0.5, 0.6) is 5.75 Å². The van der Waals surface area contributed by atoms with Crippen molar-refractivity contribution in [2.24, 2.45) is 5.73 Å². The Balaban J connectivity index is 1.35. The molecule has 0 bridgehead atoms. The van der Waals surface area contributed by atoms with Gasteiger partial charge in [0.2, 0.25) is 11.8 Å². The second-order valence-electron chi connectivity index (χ2n) is 9.04. The SMILES string of the molecule is Cc1cc2cc(NC(=O)[C@H](CCNC(=O)CN)NC(=O)Nc3ccc(OCc4ccccc4)cc3)ccc2[nH]1. The summed E-state index contributed by atoms with van der Waals surface area (Å²) in [7, 11) is 0. The summed E-state index contributed by atoms with van der Waals surface area (Å²) >= 11 is 0. The van der Waals surface area contributed by atoms with Crippen LogP contribution in [0.15, 0.2) is 78.9 Å². The molecule has 0 aliphatic rings. The molecule has 1 aromatic heterocycles. The van der Waals surface area contributed by atoms with E-state index in [0.29, 0.717) is 23.7 Å². The third-order valence-electron chi connectivity index (χ3n) is 5.95. The first-order valence-corrected chi connectivity index (χ1v) is 12.6. The van der Waals surface area contributed by atoms with Crippen molar-refractivity contribution in [1.29, 1.82) is 0 Å². The largest absolute Gasteiger partial charge is 0.489 e. The van der Waals surface area contributed by atoms with Gasteiger partial charge in [0, 0.05) is 34.5 Å². The highest BCUT2D eigenvalue weighted by Crippen LogP contribution is 2.20. The molecule has 0 radical (unpaired) electrons. The molecular weight excluding hydrogens is 496 g/mol. The second-order valence-corrected chi connectivity index (χ2v) is 9.04. The predicted molar refractivity (Wildman–Crippen MR) is 152 cm³/mol. The molecule has 0 saturated carbocycles. The summed E-state index contributed by atoms with van der Waals surface area (Å²) in [5.41, 5.74) is 9.48. The summed E-state index contributed by atoms with van der Waals surface area (Å²) in [5, 5.41) is 11.9. The number of aryl methyl sites for hydroxylation is 1. The third-order valence-corrected chi connectivity index (χ3v) is 5.95. The Bertz CT molecular complexity index is 1420. The Hall–Kier alpha value is -4.83. The van der Waals surface area contributed by atoms with E-state index in [-0.39, 0.29) is 25.4 Å². The highest BCUT2D eigenvalue weighted by molar-refractivity contribution is 6.00. The zero-order valence-electron chi connectivity index (χ0n) is 21.6. The van der Waals surface area contributed by atoms with Crippen LogP contribution >= 0.6 is 0 Å². The smallest absolute Gasteiger partial charge is 0.319 e. The highest BCUT2D eigenvalue weighted by atomic mass is 16.5. The van der Waals surface area contributed by atoms with Crippen LogP contribution in [-0.2, 0) is 16.2 Å². The van der Waals surface area contributed by atoms with Crippen molar-refractivity contribution >= 4 is 40.1 Å². The van der Waals surface area contributed by atoms with E-state index < -0.39 is 18.0 Å². The number of H-pyrrole nitrogens is 1. The van der Waals surface area contributed by atoms with E-state index in [1.54, 1.807) is 30.3 Å². The van der Waals surface area contributed by atoms with Gasteiger partial charge in [0.25, 0.3) is 0 Å². The minimum atomic E-state index is -0.916. The van der Waals surface area contributed by atoms with Crippen LogP contribution in [0.4, 0.5) is 16.2 Å². The normalized spacial score (nSPS) is 11.4. The van der Waals surface area contributed by atoms with Crippen molar-refractivity contribution in [2.45, 2.75) is 26.0 Å². The molecule has 39 heavy (non-hydrogen) atoms. The van der Waals surface area contributed by atoms with Gasteiger partial charge in [-0.1, -0.05) is 30.3 Å². The minimum Gasteiger partial charge on any atom is -0.489 e. The summed E-state index contributed by atoms with van der Waals surface area (Å²) in [4.78, 5) is 40.7. The van der Waals surface area contributed by atoms with Gasteiger partial charge in [-0.3, -0.25) is 9.59 Å². The van der Waals surface area contributed by atoms with Gasteiger partial charge in [0.05, 0.1) is 6.54 Å². The average Bonchev–Trinajstić information content (AvgIpc) is 3.31. The van der Waals surface area contributed by atoms with E-state index in [2.05, 4.69) is 26.3 Å². The van der Waals surface area contributed by atoms with Gasteiger partial charge in [-0.25, -0.2) is 4.79 Å².